The van der Waals surface area contributed by atoms with Crippen molar-refractivity contribution >= 4 is 24.0 Å². The summed E-state index contributed by atoms with van der Waals surface area (Å²) in [4.78, 5) is 28.5. The zero-order valence-electron chi connectivity index (χ0n) is 17.7. The van der Waals surface area contributed by atoms with Gasteiger partial charge in [-0.25, -0.2) is 9.18 Å². The highest BCUT2D eigenvalue weighted by molar-refractivity contribution is 5.97. The van der Waals surface area contributed by atoms with Crippen molar-refractivity contribution in [2.45, 2.75) is 12.6 Å². The average Bonchev–Trinajstić information content (AvgIpc) is 3.24. The van der Waals surface area contributed by atoms with Crippen LogP contribution in [-0.4, -0.2) is 46.8 Å². The van der Waals surface area contributed by atoms with Gasteiger partial charge in [0.05, 0.1) is 18.4 Å². The molecule has 11 heteroatoms. The molecule has 7 nitrogen and oxygen atoms in total. The molecule has 0 fully saturated rings. The van der Waals surface area contributed by atoms with E-state index in [0.29, 0.717) is 29.1 Å². The minimum Gasteiger partial charge on any atom is -0.497 e. The number of nitrogens with one attached hydrogen (secondary N) is 2. The Kier molecular flexibility index (Phi) is 7.34. The number of carboxylic acid groups (broad SMARTS) is 1. The number of fused-ring (bicyclic) bond motifs is 1. The van der Waals surface area contributed by atoms with Gasteiger partial charge in [-0.1, -0.05) is 0 Å². The molecule has 0 radical (unpaired) electrons. The van der Waals surface area contributed by atoms with E-state index in [0.717, 1.165) is 23.4 Å². The number of aromatic amines is 1. The second-order valence-electron chi connectivity index (χ2n) is 7.07. The van der Waals surface area contributed by atoms with E-state index in [9.17, 15) is 22.4 Å². The maximum absolute atomic E-state index is 14.1. The highest BCUT2D eigenvalue weighted by Crippen LogP contribution is 2.25. The number of hydrogen-bond donors (Lipinski definition) is 3. The van der Waals surface area contributed by atoms with Crippen LogP contribution in [-0.2, 0) is 11.2 Å². The van der Waals surface area contributed by atoms with Gasteiger partial charge >= 0.3 is 12.1 Å². The molecular formula is C23H19F4N3O4. The molecule has 0 aliphatic carbocycles. The van der Waals surface area contributed by atoms with Gasteiger partial charge in [-0.3, -0.25) is 9.78 Å². The van der Waals surface area contributed by atoms with Crippen LogP contribution >= 0.6 is 0 Å². The van der Waals surface area contributed by atoms with Crippen LogP contribution in [0.3, 0.4) is 0 Å². The van der Waals surface area contributed by atoms with Crippen LogP contribution in [0.5, 0.6) is 5.75 Å². The van der Waals surface area contributed by atoms with Crippen LogP contribution in [0.15, 0.2) is 42.6 Å². The predicted octanol–water partition coefficient (Wildman–Crippen LogP) is 4.31. The number of carboxylic acids is 1. The fourth-order valence-electron chi connectivity index (χ4n) is 3.10. The first-order chi connectivity index (χ1) is 16.1. The number of hydrogen-bond acceptors (Lipinski definition) is 4. The Hall–Kier alpha value is -4.15. The van der Waals surface area contributed by atoms with Crippen LogP contribution in [0.2, 0.25) is 0 Å². The van der Waals surface area contributed by atoms with Gasteiger partial charge in [-0.2, -0.15) is 13.2 Å². The molecule has 3 aromatic rings. The number of carbonyl (C=O) groups excluding carboxylic acids is 1. The van der Waals surface area contributed by atoms with Crippen molar-refractivity contribution in [2.24, 2.45) is 0 Å². The summed E-state index contributed by atoms with van der Waals surface area (Å²) in [6, 6.07) is 10.3. The van der Waals surface area contributed by atoms with Crippen molar-refractivity contribution in [1.82, 2.24) is 15.3 Å². The molecule has 3 N–H and O–H groups in total. The number of benzene rings is 1. The van der Waals surface area contributed by atoms with E-state index in [1.54, 1.807) is 30.5 Å². The standard InChI is InChI=1S/C21H18FN3O2.C2HF3O2/c1-27-16-5-3-13(18(22)11-16)2-4-15-10-14(6-8-23-15)20-12-17-19(25-20)7-9-24-21(17)26;3-2(4,5)1(6)7/h2-6,8,10-12,25H,7,9H2,1H3,(H,24,26);(H,6,7)/b4-2+;. The number of aromatic nitrogens is 2. The Morgan fingerprint density at radius 2 is 1.91 bits per heavy atom. The van der Waals surface area contributed by atoms with Crippen molar-refractivity contribution in [2.75, 3.05) is 13.7 Å². The average molecular weight is 477 g/mol. The molecule has 1 aliphatic heterocycles. The molecule has 0 atom stereocenters. The van der Waals surface area contributed by atoms with Crippen molar-refractivity contribution in [3.63, 3.8) is 0 Å². The predicted molar refractivity (Wildman–Crippen MR) is 116 cm³/mol. The Labute approximate surface area is 191 Å². The van der Waals surface area contributed by atoms with Crippen LogP contribution in [0.25, 0.3) is 23.4 Å². The number of rotatable bonds is 4. The lowest BCUT2D eigenvalue weighted by Gasteiger charge is -2.10. The molecule has 1 aliphatic rings. The lowest BCUT2D eigenvalue weighted by atomic mass is 10.1. The number of halogens is 4. The number of aliphatic carboxylic acids is 1. The number of carbonyl (C=O) groups is 2. The number of pyridine rings is 1. The first-order valence-corrected chi connectivity index (χ1v) is 9.86. The summed E-state index contributed by atoms with van der Waals surface area (Å²) in [6.07, 6.45) is 0.826. The zero-order chi connectivity index (χ0) is 24.9. The van der Waals surface area contributed by atoms with Gasteiger partial charge in [0.15, 0.2) is 0 Å². The van der Waals surface area contributed by atoms with Gasteiger partial charge in [0.25, 0.3) is 5.91 Å². The second kappa shape index (κ2) is 10.2. The van der Waals surface area contributed by atoms with Crippen LogP contribution in [0.1, 0.15) is 27.3 Å². The Balaban J connectivity index is 0.000000406. The molecule has 2 aromatic heterocycles. The van der Waals surface area contributed by atoms with E-state index in [2.05, 4.69) is 15.3 Å². The summed E-state index contributed by atoms with van der Waals surface area (Å²) in [7, 11) is 1.50. The molecular weight excluding hydrogens is 458 g/mol. The highest BCUT2D eigenvalue weighted by atomic mass is 19.4. The van der Waals surface area contributed by atoms with Gasteiger partial charge in [0.1, 0.15) is 11.6 Å². The molecule has 0 saturated carbocycles. The number of ether oxygens (including phenoxy) is 1. The van der Waals surface area contributed by atoms with E-state index in [1.807, 2.05) is 18.2 Å². The molecule has 1 amide bonds. The third-order valence-corrected chi connectivity index (χ3v) is 4.78. The number of nitrogens with zero attached hydrogens (tertiary/aromatic N) is 1. The minimum atomic E-state index is -5.08. The van der Waals surface area contributed by atoms with E-state index in [-0.39, 0.29) is 11.7 Å². The van der Waals surface area contributed by atoms with Gasteiger partial charge in [-0.05, 0) is 42.5 Å². The first-order valence-electron chi connectivity index (χ1n) is 9.86. The quantitative estimate of drug-likeness (QED) is 0.486. The summed E-state index contributed by atoms with van der Waals surface area (Å²) in [6.45, 7) is 0.642. The summed E-state index contributed by atoms with van der Waals surface area (Å²) in [5, 5.41) is 9.96. The van der Waals surface area contributed by atoms with Crippen molar-refractivity contribution in [3.05, 3.63) is 70.9 Å². The molecule has 1 aromatic carbocycles. The summed E-state index contributed by atoms with van der Waals surface area (Å²) >= 11 is 0. The normalized spacial score (nSPS) is 13.0. The second-order valence-corrected chi connectivity index (χ2v) is 7.07. The molecule has 34 heavy (non-hydrogen) atoms. The van der Waals surface area contributed by atoms with Crippen LogP contribution in [0, 0.1) is 5.82 Å². The van der Waals surface area contributed by atoms with Crippen LogP contribution < -0.4 is 10.1 Å². The third-order valence-electron chi connectivity index (χ3n) is 4.78. The first kappa shape index (κ1) is 24.5. The number of methoxy groups -OCH3 is 1. The molecule has 3 heterocycles. The smallest absolute Gasteiger partial charge is 0.490 e. The number of amides is 1. The van der Waals surface area contributed by atoms with E-state index >= 15 is 0 Å². The van der Waals surface area contributed by atoms with E-state index in [4.69, 9.17) is 14.6 Å². The Bertz CT molecular complexity index is 1240. The molecule has 0 bridgehead atoms. The lowest BCUT2D eigenvalue weighted by Crippen LogP contribution is -2.31. The maximum atomic E-state index is 14.1. The SMILES string of the molecule is COc1ccc(/C=C/c2cc(-c3cc4c([nH]3)CCNC4=O)ccn2)c(F)c1.O=C(O)C(F)(F)F. The third kappa shape index (κ3) is 6.00. The summed E-state index contributed by atoms with van der Waals surface area (Å²) in [5.41, 5.74) is 4.56. The molecule has 4 rings (SSSR count). The van der Waals surface area contributed by atoms with Crippen LogP contribution in [0.4, 0.5) is 17.6 Å². The summed E-state index contributed by atoms with van der Waals surface area (Å²) in [5.74, 6) is -2.69. The molecule has 178 valence electrons. The number of H-pyrrole nitrogens is 1. The largest absolute Gasteiger partial charge is 0.497 e. The number of alkyl halides is 3. The topological polar surface area (TPSA) is 104 Å². The van der Waals surface area contributed by atoms with E-state index < -0.39 is 12.1 Å². The van der Waals surface area contributed by atoms with Gasteiger partial charge in [-0.15, -0.1) is 0 Å². The van der Waals surface area contributed by atoms with Crippen molar-refractivity contribution < 1.29 is 37.0 Å². The Morgan fingerprint density at radius 1 is 1.18 bits per heavy atom. The maximum Gasteiger partial charge on any atom is 0.490 e. The summed E-state index contributed by atoms with van der Waals surface area (Å²) < 4.78 is 50.8. The zero-order valence-corrected chi connectivity index (χ0v) is 17.7. The molecule has 0 unspecified atom stereocenters. The highest BCUT2D eigenvalue weighted by Gasteiger charge is 2.38. The van der Waals surface area contributed by atoms with Gasteiger partial charge in [0, 0.05) is 47.7 Å². The monoisotopic (exact) mass is 477 g/mol. The fraction of sp³-hybridized carbons (Fsp3) is 0.174. The Morgan fingerprint density at radius 3 is 2.53 bits per heavy atom. The molecule has 0 saturated heterocycles. The van der Waals surface area contributed by atoms with Crippen molar-refractivity contribution in [3.8, 4) is 17.0 Å². The van der Waals surface area contributed by atoms with Crippen molar-refractivity contribution in [1.29, 1.82) is 0 Å². The minimum absolute atomic E-state index is 0.0529. The fourth-order valence-corrected chi connectivity index (χ4v) is 3.10. The van der Waals surface area contributed by atoms with E-state index in [1.165, 1.54) is 13.2 Å². The lowest BCUT2D eigenvalue weighted by molar-refractivity contribution is -0.192. The van der Waals surface area contributed by atoms with Gasteiger partial charge < -0.3 is 20.1 Å². The van der Waals surface area contributed by atoms with Gasteiger partial charge in [0.2, 0.25) is 0 Å². The molecule has 0 spiro atoms.